The highest BCUT2D eigenvalue weighted by atomic mass is 16.5. The largest absolute Gasteiger partial charge is 0.378 e. The van der Waals surface area contributed by atoms with Crippen LogP contribution in [0.25, 0.3) is 0 Å². The Bertz CT molecular complexity index is 177. The molecule has 0 spiro atoms. The van der Waals surface area contributed by atoms with Crippen LogP contribution in [0, 0.1) is 5.41 Å². The molecular formula is C13H27NO2. The summed E-state index contributed by atoms with van der Waals surface area (Å²) in [6.07, 6.45) is 3.99. The topological polar surface area (TPSA) is 30.5 Å². The molecule has 1 rings (SSSR count). The maximum Gasteiger partial charge on any atom is 0.0808 e. The highest BCUT2D eigenvalue weighted by molar-refractivity contribution is 4.71. The van der Waals surface area contributed by atoms with Crippen LogP contribution in [0.1, 0.15) is 40.0 Å². The Balaban J connectivity index is 2.08. The second kappa shape index (κ2) is 7.25. The summed E-state index contributed by atoms with van der Waals surface area (Å²) in [5, 5.41) is 3.37. The molecule has 0 amide bonds. The molecule has 1 unspecified atom stereocenters. The molecule has 16 heavy (non-hydrogen) atoms. The standard InChI is InChI=1S/C13H27NO2/c1-4-14-10-13(2,3)11-15-9-12-7-5-6-8-16-12/h12,14H,4-11H2,1-3H3. The van der Waals surface area contributed by atoms with E-state index in [4.69, 9.17) is 9.47 Å². The van der Waals surface area contributed by atoms with Crippen molar-refractivity contribution in [1.29, 1.82) is 0 Å². The van der Waals surface area contributed by atoms with Gasteiger partial charge in [-0.15, -0.1) is 0 Å². The van der Waals surface area contributed by atoms with Gasteiger partial charge in [0.25, 0.3) is 0 Å². The number of rotatable bonds is 7. The molecular weight excluding hydrogens is 202 g/mol. The van der Waals surface area contributed by atoms with Crippen LogP contribution in [0.4, 0.5) is 0 Å². The minimum atomic E-state index is 0.213. The van der Waals surface area contributed by atoms with Gasteiger partial charge in [-0.25, -0.2) is 0 Å². The number of nitrogens with one attached hydrogen (secondary N) is 1. The molecule has 0 aromatic carbocycles. The number of hydrogen-bond donors (Lipinski definition) is 1. The maximum atomic E-state index is 5.77. The predicted octanol–water partition coefficient (Wildman–Crippen LogP) is 2.21. The van der Waals surface area contributed by atoms with E-state index in [0.717, 1.165) is 39.3 Å². The van der Waals surface area contributed by atoms with Gasteiger partial charge < -0.3 is 14.8 Å². The third-order valence-corrected chi connectivity index (χ3v) is 2.92. The van der Waals surface area contributed by atoms with Crippen LogP contribution in [0.2, 0.25) is 0 Å². The van der Waals surface area contributed by atoms with Crippen molar-refractivity contribution in [3.05, 3.63) is 0 Å². The molecule has 1 fully saturated rings. The average Bonchev–Trinajstić information content (AvgIpc) is 2.28. The smallest absolute Gasteiger partial charge is 0.0808 e. The Morgan fingerprint density at radius 1 is 1.38 bits per heavy atom. The molecule has 0 aliphatic carbocycles. The lowest BCUT2D eigenvalue weighted by Gasteiger charge is -2.27. The van der Waals surface area contributed by atoms with Gasteiger partial charge in [-0.05, 0) is 25.8 Å². The Morgan fingerprint density at radius 2 is 2.19 bits per heavy atom. The lowest BCUT2D eigenvalue weighted by Crippen LogP contribution is -2.34. The first-order valence-corrected chi connectivity index (χ1v) is 6.54. The van der Waals surface area contributed by atoms with Gasteiger partial charge in [0, 0.05) is 18.6 Å². The first-order chi connectivity index (χ1) is 7.64. The molecule has 0 radical (unpaired) electrons. The fraction of sp³-hybridized carbons (Fsp3) is 1.00. The second-order valence-electron chi connectivity index (χ2n) is 5.45. The molecule has 1 heterocycles. The van der Waals surface area contributed by atoms with Crippen molar-refractivity contribution in [2.45, 2.75) is 46.1 Å². The minimum Gasteiger partial charge on any atom is -0.378 e. The maximum absolute atomic E-state index is 5.77. The van der Waals surface area contributed by atoms with E-state index in [-0.39, 0.29) is 5.41 Å². The van der Waals surface area contributed by atoms with Gasteiger partial charge in [-0.3, -0.25) is 0 Å². The molecule has 0 saturated carbocycles. The summed E-state index contributed by atoms with van der Waals surface area (Å²) in [5.74, 6) is 0. The number of hydrogen-bond acceptors (Lipinski definition) is 3. The Labute approximate surface area is 99.9 Å². The lowest BCUT2D eigenvalue weighted by molar-refractivity contribution is -0.0545. The normalized spacial score (nSPS) is 22.3. The van der Waals surface area contributed by atoms with Crippen molar-refractivity contribution in [2.75, 3.05) is 32.9 Å². The Morgan fingerprint density at radius 3 is 2.81 bits per heavy atom. The van der Waals surface area contributed by atoms with Crippen LogP contribution < -0.4 is 5.32 Å². The zero-order valence-corrected chi connectivity index (χ0v) is 11.1. The van der Waals surface area contributed by atoms with Crippen LogP contribution in [0.3, 0.4) is 0 Å². The van der Waals surface area contributed by atoms with Crippen molar-refractivity contribution in [3.63, 3.8) is 0 Å². The molecule has 3 nitrogen and oxygen atoms in total. The van der Waals surface area contributed by atoms with Gasteiger partial charge in [-0.1, -0.05) is 20.8 Å². The Hall–Kier alpha value is -0.120. The van der Waals surface area contributed by atoms with Crippen LogP contribution >= 0.6 is 0 Å². The molecule has 1 N–H and O–H groups in total. The third kappa shape index (κ3) is 5.83. The van der Waals surface area contributed by atoms with E-state index in [9.17, 15) is 0 Å². The number of ether oxygens (including phenoxy) is 2. The molecule has 1 saturated heterocycles. The third-order valence-electron chi connectivity index (χ3n) is 2.92. The second-order valence-corrected chi connectivity index (χ2v) is 5.45. The summed E-state index contributed by atoms with van der Waals surface area (Å²) in [7, 11) is 0. The first kappa shape index (κ1) is 13.9. The predicted molar refractivity (Wildman–Crippen MR) is 66.7 cm³/mol. The van der Waals surface area contributed by atoms with Gasteiger partial charge in [0.15, 0.2) is 0 Å². The minimum absolute atomic E-state index is 0.213. The van der Waals surface area contributed by atoms with Crippen molar-refractivity contribution in [3.8, 4) is 0 Å². The van der Waals surface area contributed by atoms with Crippen molar-refractivity contribution in [1.82, 2.24) is 5.32 Å². The van der Waals surface area contributed by atoms with Gasteiger partial charge in [0.05, 0.1) is 19.3 Å². The van der Waals surface area contributed by atoms with Crippen LogP contribution in [0.5, 0.6) is 0 Å². The summed E-state index contributed by atoms with van der Waals surface area (Å²) >= 11 is 0. The van der Waals surface area contributed by atoms with Gasteiger partial charge in [0.2, 0.25) is 0 Å². The SMILES string of the molecule is CCNCC(C)(C)COCC1CCCCO1. The van der Waals surface area contributed by atoms with Crippen LogP contribution in [-0.2, 0) is 9.47 Å². The zero-order valence-electron chi connectivity index (χ0n) is 11.1. The van der Waals surface area contributed by atoms with E-state index in [1.807, 2.05) is 0 Å². The summed E-state index contributed by atoms with van der Waals surface area (Å²) in [4.78, 5) is 0. The van der Waals surface area contributed by atoms with E-state index >= 15 is 0 Å². The van der Waals surface area contributed by atoms with Gasteiger partial charge in [-0.2, -0.15) is 0 Å². The average molecular weight is 229 g/mol. The molecule has 0 bridgehead atoms. The molecule has 0 aromatic rings. The summed E-state index contributed by atoms with van der Waals surface area (Å²) in [6, 6.07) is 0. The van der Waals surface area contributed by atoms with Crippen molar-refractivity contribution < 1.29 is 9.47 Å². The van der Waals surface area contributed by atoms with Gasteiger partial charge >= 0.3 is 0 Å². The molecule has 1 aliphatic heterocycles. The van der Waals surface area contributed by atoms with Crippen LogP contribution in [-0.4, -0.2) is 39.0 Å². The van der Waals surface area contributed by atoms with Crippen molar-refractivity contribution in [2.24, 2.45) is 5.41 Å². The highest BCUT2D eigenvalue weighted by Crippen LogP contribution is 2.16. The summed E-state index contributed by atoms with van der Waals surface area (Å²) in [6.45, 7) is 11.1. The zero-order chi connectivity index (χ0) is 11.9. The summed E-state index contributed by atoms with van der Waals surface area (Å²) < 4.78 is 11.4. The van der Waals surface area contributed by atoms with E-state index in [1.54, 1.807) is 0 Å². The fourth-order valence-electron chi connectivity index (χ4n) is 1.92. The molecule has 1 aliphatic rings. The van der Waals surface area contributed by atoms with E-state index in [0.29, 0.717) is 6.10 Å². The first-order valence-electron chi connectivity index (χ1n) is 6.54. The van der Waals surface area contributed by atoms with Crippen molar-refractivity contribution >= 4 is 0 Å². The monoisotopic (exact) mass is 229 g/mol. The Kier molecular flexibility index (Phi) is 6.32. The van der Waals surface area contributed by atoms with Crippen LogP contribution in [0.15, 0.2) is 0 Å². The summed E-state index contributed by atoms with van der Waals surface area (Å²) in [5.41, 5.74) is 0.213. The van der Waals surface area contributed by atoms with E-state index < -0.39 is 0 Å². The van der Waals surface area contributed by atoms with E-state index in [1.165, 1.54) is 12.8 Å². The quantitative estimate of drug-likeness (QED) is 0.726. The van der Waals surface area contributed by atoms with Gasteiger partial charge in [0.1, 0.15) is 0 Å². The lowest BCUT2D eigenvalue weighted by atomic mass is 9.95. The molecule has 1 atom stereocenters. The molecule has 0 aromatic heterocycles. The van der Waals surface area contributed by atoms with E-state index in [2.05, 4.69) is 26.1 Å². The fourth-order valence-corrected chi connectivity index (χ4v) is 1.92. The molecule has 3 heteroatoms. The highest BCUT2D eigenvalue weighted by Gasteiger charge is 2.19. The molecule has 96 valence electrons.